The highest BCUT2D eigenvalue weighted by molar-refractivity contribution is 7.92. The molecule has 0 bridgehead atoms. The molecule has 7 nitrogen and oxygen atoms in total. The summed E-state index contributed by atoms with van der Waals surface area (Å²) in [5, 5.41) is 3.66. The number of unbranched alkanes of at least 4 members (excludes halogenated alkanes) is 1. The van der Waals surface area contributed by atoms with Crippen LogP contribution >= 0.6 is 58.0 Å². The van der Waals surface area contributed by atoms with Gasteiger partial charge in [0.1, 0.15) is 12.6 Å². The van der Waals surface area contributed by atoms with Crippen LogP contribution in [0.2, 0.25) is 25.1 Å². The summed E-state index contributed by atoms with van der Waals surface area (Å²) in [6, 6.07) is 6.56. The Morgan fingerprint density at radius 3 is 2.11 bits per heavy atom. The van der Waals surface area contributed by atoms with Crippen molar-refractivity contribution in [2.24, 2.45) is 0 Å². The lowest BCUT2D eigenvalue weighted by Crippen LogP contribution is -2.52. The Morgan fingerprint density at radius 2 is 1.54 bits per heavy atom. The first-order chi connectivity index (χ1) is 17.3. The van der Waals surface area contributed by atoms with E-state index in [-0.39, 0.29) is 44.7 Å². The third-order valence-electron chi connectivity index (χ3n) is 5.49. The minimum Gasteiger partial charge on any atom is -0.354 e. The Bertz CT molecular complexity index is 1240. The standard InChI is InChI=1S/C24H28Cl5N3O4S/c1-4-6-9-30-24(34)21(5-2)31(13-15-7-8-16(25)17(26)10-15)23(33)14-32(37(3,35)36)22-12-19(28)18(27)11-20(22)29/h7-8,10-12,21H,4-6,9,13-14H2,1-3H3,(H,30,34). The molecule has 1 unspecified atom stereocenters. The summed E-state index contributed by atoms with van der Waals surface area (Å²) in [6.07, 6.45) is 2.89. The van der Waals surface area contributed by atoms with Crippen LogP contribution in [-0.4, -0.2) is 50.5 Å². The molecule has 0 aliphatic heterocycles. The van der Waals surface area contributed by atoms with Gasteiger partial charge >= 0.3 is 0 Å². The number of sulfonamides is 1. The first-order valence-electron chi connectivity index (χ1n) is 11.4. The lowest BCUT2D eigenvalue weighted by atomic mass is 10.1. The van der Waals surface area contributed by atoms with Gasteiger partial charge in [0.15, 0.2) is 0 Å². The minimum atomic E-state index is -3.99. The van der Waals surface area contributed by atoms with Crippen LogP contribution in [0.4, 0.5) is 5.69 Å². The Morgan fingerprint density at radius 1 is 0.919 bits per heavy atom. The molecule has 0 aromatic heterocycles. The molecule has 2 aromatic rings. The number of hydrogen-bond donors (Lipinski definition) is 1. The van der Waals surface area contributed by atoms with Crippen molar-refractivity contribution in [2.75, 3.05) is 23.7 Å². The summed E-state index contributed by atoms with van der Waals surface area (Å²) in [6.45, 7) is 3.58. The molecule has 1 N–H and O–H groups in total. The number of hydrogen-bond acceptors (Lipinski definition) is 4. The molecule has 2 rings (SSSR count). The van der Waals surface area contributed by atoms with Gasteiger partial charge in [0, 0.05) is 13.1 Å². The van der Waals surface area contributed by atoms with Crippen molar-refractivity contribution in [1.82, 2.24) is 10.2 Å². The molecule has 0 saturated carbocycles. The van der Waals surface area contributed by atoms with Crippen LogP contribution in [-0.2, 0) is 26.2 Å². The van der Waals surface area contributed by atoms with Crippen molar-refractivity contribution in [3.05, 3.63) is 61.0 Å². The van der Waals surface area contributed by atoms with E-state index >= 15 is 0 Å². The lowest BCUT2D eigenvalue weighted by molar-refractivity contribution is -0.140. The van der Waals surface area contributed by atoms with Gasteiger partial charge in [-0.05, 0) is 42.7 Å². The number of benzene rings is 2. The molecule has 0 heterocycles. The maximum Gasteiger partial charge on any atom is 0.244 e. The molecule has 0 radical (unpaired) electrons. The third kappa shape index (κ3) is 8.80. The largest absolute Gasteiger partial charge is 0.354 e. The van der Waals surface area contributed by atoms with Crippen LogP contribution in [0.3, 0.4) is 0 Å². The SMILES string of the molecule is CCCCNC(=O)C(CC)N(Cc1ccc(Cl)c(Cl)c1)C(=O)CN(c1cc(Cl)c(Cl)cc1Cl)S(C)(=O)=O. The van der Waals surface area contributed by atoms with Gasteiger partial charge in [0.2, 0.25) is 21.8 Å². The van der Waals surface area contributed by atoms with Crippen LogP contribution in [0.5, 0.6) is 0 Å². The Labute approximate surface area is 243 Å². The van der Waals surface area contributed by atoms with Crippen LogP contribution < -0.4 is 9.62 Å². The van der Waals surface area contributed by atoms with Gasteiger partial charge in [-0.2, -0.15) is 0 Å². The number of nitrogens with one attached hydrogen (secondary N) is 1. The van der Waals surface area contributed by atoms with Crippen molar-refractivity contribution >= 4 is 85.5 Å². The number of amides is 2. The van der Waals surface area contributed by atoms with Gasteiger partial charge in [-0.15, -0.1) is 0 Å². The highest BCUT2D eigenvalue weighted by Crippen LogP contribution is 2.35. The van der Waals surface area contributed by atoms with E-state index in [1.807, 2.05) is 6.92 Å². The van der Waals surface area contributed by atoms with Crippen molar-refractivity contribution in [3.63, 3.8) is 0 Å². The summed E-state index contributed by atoms with van der Waals surface area (Å²) < 4.78 is 26.3. The predicted molar refractivity (Wildman–Crippen MR) is 153 cm³/mol. The zero-order chi connectivity index (χ0) is 27.9. The molecule has 13 heteroatoms. The van der Waals surface area contributed by atoms with Crippen molar-refractivity contribution in [2.45, 2.75) is 45.7 Å². The second-order valence-electron chi connectivity index (χ2n) is 8.33. The Hall–Kier alpha value is -1.42. The molecular formula is C24H28Cl5N3O4S. The number of rotatable bonds is 12. The van der Waals surface area contributed by atoms with Gasteiger partial charge < -0.3 is 10.2 Å². The summed E-state index contributed by atoms with van der Waals surface area (Å²) in [7, 11) is -3.99. The second-order valence-corrected chi connectivity index (χ2v) is 12.3. The highest BCUT2D eigenvalue weighted by atomic mass is 35.5. The van der Waals surface area contributed by atoms with Crippen molar-refractivity contribution < 1.29 is 18.0 Å². The molecular weight excluding hydrogens is 604 g/mol. The molecule has 0 saturated heterocycles. The van der Waals surface area contributed by atoms with Crippen molar-refractivity contribution in [1.29, 1.82) is 0 Å². The molecule has 1 atom stereocenters. The molecule has 2 amide bonds. The maximum absolute atomic E-state index is 13.7. The monoisotopic (exact) mass is 629 g/mol. The van der Waals surface area contributed by atoms with Gasteiger partial charge in [-0.25, -0.2) is 8.42 Å². The number of carbonyl (C=O) groups excluding carboxylic acids is 2. The fraction of sp³-hybridized carbons (Fsp3) is 0.417. The van der Waals surface area contributed by atoms with E-state index in [1.165, 1.54) is 17.0 Å². The van der Waals surface area contributed by atoms with Crippen molar-refractivity contribution in [3.8, 4) is 0 Å². The average Bonchev–Trinajstić information content (AvgIpc) is 2.81. The first-order valence-corrected chi connectivity index (χ1v) is 15.2. The van der Waals surface area contributed by atoms with E-state index in [4.69, 9.17) is 58.0 Å². The highest BCUT2D eigenvalue weighted by Gasteiger charge is 2.32. The van der Waals surface area contributed by atoms with Gasteiger partial charge in [0.25, 0.3) is 0 Å². The van der Waals surface area contributed by atoms with E-state index in [0.717, 1.165) is 23.4 Å². The van der Waals surface area contributed by atoms with Crippen LogP contribution in [0, 0.1) is 0 Å². The molecule has 37 heavy (non-hydrogen) atoms. The zero-order valence-electron chi connectivity index (χ0n) is 20.5. The number of nitrogens with zero attached hydrogens (tertiary/aromatic N) is 2. The number of carbonyl (C=O) groups is 2. The Kier molecular flexibility index (Phi) is 12.1. The Balaban J connectivity index is 2.49. The summed E-state index contributed by atoms with van der Waals surface area (Å²) >= 11 is 30.6. The molecule has 0 aliphatic carbocycles. The smallest absolute Gasteiger partial charge is 0.244 e. The first kappa shape index (κ1) is 31.8. The number of halogens is 5. The maximum atomic E-state index is 13.7. The fourth-order valence-corrected chi connectivity index (χ4v) is 5.43. The summed E-state index contributed by atoms with van der Waals surface area (Å²) in [5.41, 5.74) is 0.600. The van der Waals surface area contributed by atoms with E-state index in [0.29, 0.717) is 17.1 Å². The minimum absolute atomic E-state index is 0.00647. The van der Waals surface area contributed by atoms with Crippen LogP contribution in [0.1, 0.15) is 38.7 Å². The normalized spacial score (nSPS) is 12.2. The lowest BCUT2D eigenvalue weighted by Gasteiger charge is -2.33. The van der Waals surface area contributed by atoms with Gasteiger partial charge in [-0.1, -0.05) is 84.3 Å². The van der Waals surface area contributed by atoms with Crippen LogP contribution in [0.25, 0.3) is 0 Å². The third-order valence-corrected chi connectivity index (χ3v) is 8.38. The molecule has 0 spiro atoms. The van der Waals surface area contributed by atoms with E-state index in [1.54, 1.807) is 25.1 Å². The number of anilines is 1. The molecule has 0 aliphatic rings. The molecule has 2 aromatic carbocycles. The van der Waals surface area contributed by atoms with E-state index in [2.05, 4.69) is 5.32 Å². The fourth-order valence-electron chi connectivity index (χ4n) is 3.56. The summed E-state index contributed by atoms with van der Waals surface area (Å²) in [4.78, 5) is 28.1. The van der Waals surface area contributed by atoms with Crippen LogP contribution in [0.15, 0.2) is 30.3 Å². The molecule has 204 valence electrons. The average molecular weight is 632 g/mol. The quantitative estimate of drug-likeness (QED) is 0.216. The van der Waals surface area contributed by atoms with Gasteiger partial charge in [0.05, 0.1) is 37.1 Å². The van der Waals surface area contributed by atoms with E-state index < -0.39 is 28.5 Å². The predicted octanol–water partition coefficient (Wildman–Crippen LogP) is 6.44. The van der Waals surface area contributed by atoms with E-state index in [9.17, 15) is 18.0 Å². The molecule has 0 fully saturated rings. The second kappa shape index (κ2) is 14.1. The topological polar surface area (TPSA) is 86.8 Å². The zero-order valence-corrected chi connectivity index (χ0v) is 25.1. The summed E-state index contributed by atoms with van der Waals surface area (Å²) in [5.74, 6) is -0.973. The van der Waals surface area contributed by atoms with Gasteiger partial charge in [-0.3, -0.25) is 13.9 Å².